The van der Waals surface area contributed by atoms with Gasteiger partial charge >= 0.3 is 6.03 Å². The second kappa shape index (κ2) is 7.12. The number of rotatable bonds is 3. The van der Waals surface area contributed by atoms with Crippen molar-refractivity contribution >= 4 is 39.8 Å². The third-order valence-electron chi connectivity index (χ3n) is 2.32. The van der Waals surface area contributed by atoms with Gasteiger partial charge in [0.1, 0.15) is 0 Å². The molecule has 0 bridgehead atoms. The van der Waals surface area contributed by atoms with Gasteiger partial charge in [-0.15, -0.1) is 0 Å². The average molecular weight is 351 g/mol. The van der Waals surface area contributed by atoms with E-state index in [1.807, 2.05) is 24.3 Å². The van der Waals surface area contributed by atoms with Crippen molar-refractivity contribution in [2.45, 2.75) is 4.90 Å². The molecule has 4 nitrogen and oxygen atoms in total. The van der Waals surface area contributed by atoms with E-state index in [2.05, 4.69) is 26.0 Å². The normalized spacial score (nSPS) is 9.85. The van der Waals surface area contributed by atoms with Gasteiger partial charge in [-0.1, -0.05) is 40.2 Å². The number of carbonyl (C=O) groups excluding carboxylic acids is 2. The summed E-state index contributed by atoms with van der Waals surface area (Å²) in [6.07, 6.45) is 0. The molecule has 2 N–H and O–H groups in total. The van der Waals surface area contributed by atoms with E-state index in [1.165, 1.54) is 0 Å². The van der Waals surface area contributed by atoms with Gasteiger partial charge in [0.2, 0.25) is 0 Å². The summed E-state index contributed by atoms with van der Waals surface area (Å²) in [6.45, 7) is 0. The fourth-order valence-corrected chi connectivity index (χ4v) is 2.57. The molecule has 0 atom stereocenters. The molecule has 3 amide bonds. The Morgan fingerprint density at radius 3 is 2.45 bits per heavy atom. The number of imide groups is 1. The minimum atomic E-state index is -0.552. The summed E-state index contributed by atoms with van der Waals surface area (Å²) in [5.41, 5.74) is 0.440. The molecule has 0 aromatic heterocycles. The summed E-state index contributed by atoms with van der Waals surface area (Å²) in [7, 11) is 0. The van der Waals surface area contributed by atoms with Crippen molar-refractivity contribution in [3.05, 3.63) is 64.6 Å². The molecule has 0 saturated heterocycles. The maximum atomic E-state index is 11.7. The van der Waals surface area contributed by atoms with Crippen LogP contribution in [-0.2, 0) is 0 Å². The number of benzene rings is 2. The second-order valence-corrected chi connectivity index (χ2v) is 5.61. The van der Waals surface area contributed by atoms with E-state index in [-0.39, 0.29) is 0 Å². The first kappa shape index (κ1) is 14.6. The molecule has 2 aromatic carbocycles. The molecule has 102 valence electrons. The largest absolute Gasteiger partial charge is 0.331 e. The highest BCUT2D eigenvalue weighted by Crippen LogP contribution is 2.19. The van der Waals surface area contributed by atoms with Crippen LogP contribution in [0.5, 0.6) is 0 Å². The van der Waals surface area contributed by atoms with Crippen LogP contribution in [0.2, 0.25) is 0 Å². The van der Waals surface area contributed by atoms with Gasteiger partial charge in [0.05, 0.1) is 0 Å². The van der Waals surface area contributed by atoms with Gasteiger partial charge in [0.15, 0.2) is 0 Å². The summed E-state index contributed by atoms with van der Waals surface area (Å²) >= 11 is 4.48. The maximum absolute atomic E-state index is 11.7. The van der Waals surface area contributed by atoms with Crippen molar-refractivity contribution in [3.63, 3.8) is 0 Å². The van der Waals surface area contributed by atoms with Crippen LogP contribution in [0, 0.1) is 0 Å². The van der Waals surface area contributed by atoms with Crippen molar-refractivity contribution in [2.75, 3.05) is 0 Å². The zero-order chi connectivity index (χ0) is 14.4. The molecule has 0 aliphatic rings. The molecule has 0 aliphatic carbocycles. The fourth-order valence-electron chi connectivity index (χ4n) is 1.43. The molecule has 0 fully saturated rings. The number of carbonyl (C=O) groups is 2. The molecule has 6 heteroatoms. The zero-order valence-electron chi connectivity index (χ0n) is 10.3. The lowest BCUT2D eigenvalue weighted by atomic mass is 10.2. The van der Waals surface area contributed by atoms with Crippen molar-refractivity contribution in [2.24, 2.45) is 0 Å². The first-order valence-corrected chi connectivity index (χ1v) is 7.35. The standard InChI is InChI=1S/C14H11BrN2O2S/c15-11-7-4-8-12(9-11)20-17-14(19)16-13(18)10-5-2-1-3-6-10/h1-9H,(H2,16,17,18,19). The number of amides is 3. The lowest BCUT2D eigenvalue weighted by Crippen LogP contribution is -2.36. The van der Waals surface area contributed by atoms with Crippen molar-refractivity contribution < 1.29 is 9.59 Å². The molecular weight excluding hydrogens is 340 g/mol. The van der Waals surface area contributed by atoms with Gasteiger partial charge in [-0.3, -0.25) is 14.8 Å². The van der Waals surface area contributed by atoms with Crippen LogP contribution in [0.15, 0.2) is 64.0 Å². The molecule has 2 rings (SSSR count). The second-order valence-electron chi connectivity index (χ2n) is 3.81. The lowest BCUT2D eigenvalue weighted by Gasteiger charge is -2.06. The smallest absolute Gasteiger partial charge is 0.277 e. The summed E-state index contributed by atoms with van der Waals surface area (Å²) in [5.74, 6) is -0.432. The molecule has 0 saturated carbocycles. The van der Waals surface area contributed by atoms with Crippen LogP contribution < -0.4 is 10.0 Å². The molecule has 20 heavy (non-hydrogen) atoms. The van der Waals surface area contributed by atoms with Crippen LogP contribution >= 0.6 is 27.9 Å². The van der Waals surface area contributed by atoms with Crippen molar-refractivity contribution in [3.8, 4) is 0 Å². The molecule has 0 spiro atoms. The zero-order valence-corrected chi connectivity index (χ0v) is 12.7. The average Bonchev–Trinajstić information content (AvgIpc) is 2.46. The lowest BCUT2D eigenvalue weighted by molar-refractivity contribution is 0.0965. The van der Waals surface area contributed by atoms with Gasteiger partial charge in [0.25, 0.3) is 5.91 Å². The van der Waals surface area contributed by atoms with Gasteiger partial charge in [-0.25, -0.2) is 4.79 Å². The molecule has 0 heterocycles. The van der Waals surface area contributed by atoms with E-state index in [0.29, 0.717) is 5.56 Å². The molecule has 0 aliphatic heterocycles. The topological polar surface area (TPSA) is 58.2 Å². The minimum absolute atomic E-state index is 0.432. The van der Waals surface area contributed by atoms with Crippen molar-refractivity contribution in [1.29, 1.82) is 0 Å². The first-order chi connectivity index (χ1) is 9.65. The van der Waals surface area contributed by atoms with E-state index in [1.54, 1.807) is 30.3 Å². The Morgan fingerprint density at radius 1 is 1.00 bits per heavy atom. The van der Waals surface area contributed by atoms with Crippen LogP contribution in [0.4, 0.5) is 4.79 Å². The quantitative estimate of drug-likeness (QED) is 0.831. The summed E-state index contributed by atoms with van der Waals surface area (Å²) in [4.78, 5) is 24.2. The first-order valence-electron chi connectivity index (χ1n) is 5.74. The maximum Gasteiger partial charge on any atom is 0.331 e. The number of urea groups is 1. The van der Waals surface area contributed by atoms with E-state index >= 15 is 0 Å². The fraction of sp³-hybridized carbons (Fsp3) is 0. The van der Waals surface area contributed by atoms with Crippen LogP contribution in [-0.4, -0.2) is 11.9 Å². The number of halogens is 1. The molecular formula is C14H11BrN2O2S. The van der Waals surface area contributed by atoms with E-state index < -0.39 is 11.9 Å². The summed E-state index contributed by atoms with van der Waals surface area (Å²) in [5, 5.41) is 2.26. The van der Waals surface area contributed by atoms with E-state index in [4.69, 9.17) is 0 Å². The highest BCUT2D eigenvalue weighted by Gasteiger charge is 2.09. The monoisotopic (exact) mass is 350 g/mol. The highest BCUT2D eigenvalue weighted by atomic mass is 79.9. The van der Waals surface area contributed by atoms with E-state index in [9.17, 15) is 9.59 Å². The molecule has 0 unspecified atom stereocenters. The van der Waals surface area contributed by atoms with Gasteiger partial charge in [0, 0.05) is 14.9 Å². The summed E-state index contributed by atoms with van der Waals surface area (Å²) in [6, 6.07) is 15.5. The predicted molar refractivity (Wildman–Crippen MR) is 82.4 cm³/mol. The van der Waals surface area contributed by atoms with Gasteiger partial charge < -0.3 is 0 Å². The Morgan fingerprint density at radius 2 is 1.75 bits per heavy atom. The Labute approximate surface area is 129 Å². The SMILES string of the molecule is O=C(NSc1cccc(Br)c1)NC(=O)c1ccccc1. The number of nitrogens with one attached hydrogen (secondary N) is 2. The Balaban J connectivity index is 1.85. The summed E-state index contributed by atoms with van der Waals surface area (Å²) < 4.78 is 3.47. The third-order valence-corrected chi connectivity index (χ3v) is 3.59. The number of hydrogen-bond donors (Lipinski definition) is 2. The molecule has 2 aromatic rings. The van der Waals surface area contributed by atoms with Crippen LogP contribution in [0.1, 0.15) is 10.4 Å². The molecule has 0 radical (unpaired) electrons. The Kier molecular flexibility index (Phi) is 5.20. The highest BCUT2D eigenvalue weighted by molar-refractivity contribution is 9.10. The van der Waals surface area contributed by atoms with Crippen LogP contribution in [0.25, 0.3) is 0 Å². The number of hydrogen-bond acceptors (Lipinski definition) is 3. The Hall–Kier alpha value is -1.79. The van der Waals surface area contributed by atoms with Gasteiger partial charge in [-0.05, 0) is 42.3 Å². The third kappa shape index (κ3) is 4.40. The van der Waals surface area contributed by atoms with E-state index in [0.717, 1.165) is 21.3 Å². The van der Waals surface area contributed by atoms with Crippen molar-refractivity contribution in [1.82, 2.24) is 10.0 Å². The minimum Gasteiger partial charge on any atom is -0.277 e. The van der Waals surface area contributed by atoms with Crippen LogP contribution in [0.3, 0.4) is 0 Å². The Bertz CT molecular complexity index is 620. The predicted octanol–water partition coefficient (Wildman–Crippen LogP) is 3.60. The van der Waals surface area contributed by atoms with Gasteiger partial charge in [-0.2, -0.15) is 0 Å².